The third-order valence-electron chi connectivity index (χ3n) is 5.66. The van der Waals surface area contributed by atoms with Gasteiger partial charge in [0, 0.05) is 6.04 Å². The Hall–Kier alpha value is -0.340. The van der Waals surface area contributed by atoms with E-state index in [1.165, 1.54) is 12.8 Å². The van der Waals surface area contributed by atoms with Crippen LogP contribution in [0.5, 0.6) is 0 Å². The molecule has 2 heteroatoms. The molecule has 0 heterocycles. The molecule has 6 unspecified atom stereocenters. The summed E-state index contributed by atoms with van der Waals surface area (Å²) in [6.07, 6.45) is 10.2. The Kier molecular flexibility index (Phi) is 3.51. The Bertz CT molecular complexity index is 362. The molecule has 6 atom stereocenters. The third-order valence-corrected chi connectivity index (χ3v) is 5.66. The number of hydrogen-bond donors (Lipinski definition) is 1. The van der Waals surface area contributed by atoms with Crippen molar-refractivity contribution in [3.63, 3.8) is 0 Å². The summed E-state index contributed by atoms with van der Waals surface area (Å²) >= 11 is 0. The maximum Gasteiger partial charge on any atom is 0.0652 e. The van der Waals surface area contributed by atoms with Crippen LogP contribution in [0.15, 0.2) is 12.2 Å². The van der Waals surface area contributed by atoms with E-state index in [1.807, 2.05) is 0 Å². The smallest absolute Gasteiger partial charge is 0.0652 e. The van der Waals surface area contributed by atoms with Crippen molar-refractivity contribution in [2.75, 3.05) is 6.61 Å². The van der Waals surface area contributed by atoms with E-state index >= 15 is 0 Å². The molecule has 3 aliphatic carbocycles. The zero-order valence-corrected chi connectivity index (χ0v) is 12.6. The molecule has 0 spiro atoms. The summed E-state index contributed by atoms with van der Waals surface area (Å²) in [7, 11) is 0. The molecule has 0 aliphatic heterocycles. The fourth-order valence-electron chi connectivity index (χ4n) is 4.95. The van der Waals surface area contributed by atoms with Gasteiger partial charge in [0.15, 0.2) is 0 Å². The average Bonchev–Trinajstić information content (AvgIpc) is 2.87. The van der Waals surface area contributed by atoms with Crippen molar-refractivity contribution in [1.29, 1.82) is 0 Å². The molecule has 0 aromatic carbocycles. The molecule has 2 N–H and O–H groups in total. The molecule has 108 valence electrons. The molecule has 3 aliphatic rings. The van der Waals surface area contributed by atoms with Gasteiger partial charge >= 0.3 is 0 Å². The summed E-state index contributed by atoms with van der Waals surface area (Å²) in [4.78, 5) is 0. The lowest BCUT2D eigenvalue weighted by molar-refractivity contribution is -0.0972. The first-order valence-electron chi connectivity index (χ1n) is 8.01. The Morgan fingerprint density at radius 2 is 2.00 bits per heavy atom. The van der Waals surface area contributed by atoms with Crippen molar-refractivity contribution in [3.8, 4) is 0 Å². The number of nitrogens with two attached hydrogens (primary N) is 1. The molecule has 2 bridgehead atoms. The lowest BCUT2D eigenvalue weighted by Gasteiger charge is -2.45. The van der Waals surface area contributed by atoms with Gasteiger partial charge in [-0.3, -0.25) is 0 Å². The molecule has 0 aromatic rings. The van der Waals surface area contributed by atoms with E-state index in [1.54, 1.807) is 0 Å². The minimum atomic E-state index is 0.227. The highest BCUT2D eigenvalue weighted by Gasteiger charge is 2.42. The van der Waals surface area contributed by atoms with Crippen molar-refractivity contribution >= 4 is 0 Å². The Labute approximate surface area is 117 Å². The lowest BCUT2D eigenvalue weighted by Crippen LogP contribution is -2.48. The maximum absolute atomic E-state index is 6.41. The van der Waals surface area contributed by atoms with Crippen molar-refractivity contribution in [3.05, 3.63) is 12.2 Å². The predicted octanol–water partition coefficient (Wildman–Crippen LogP) is 3.37. The number of allylic oxidation sites excluding steroid dienone is 2. The highest BCUT2D eigenvalue weighted by Crippen LogP contribution is 2.45. The first-order chi connectivity index (χ1) is 8.95. The number of rotatable bonds is 3. The van der Waals surface area contributed by atoms with E-state index < -0.39 is 0 Å². The average molecular weight is 263 g/mol. The highest BCUT2D eigenvalue weighted by atomic mass is 16.5. The van der Waals surface area contributed by atoms with Crippen LogP contribution < -0.4 is 5.73 Å². The van der Waals surface area contributed by atoms with Crippen molar-refractivity contribution in [2.24, 2.45) is 34.8 Å². The maximum atomic E-state index is 6.41. The molecule has 19 heavy (non-hydrogen) atoms. The first-order valence-corrected chi connectivity index (χ1v) is 8.01. The standard InChI is InChI=1S/C17H29NO/c1-11-6-15(18)9-17(2,3)16(11)19-10-14-8-12-4-5-13(14)7-12/h4-5,11-16H,6-10,18H2,1-3H3. The molecule has 0 aromatic heterocycles. The van der Waals surface area contributed by atoms with Crippen LogP contribution in [0.4, 0.5) is 0 Å². The molecular formula is C17H29NO. The number of fused-ring (bicyclic) bond motifs is 2. The summed E-state index contributed by atoms with van der Waals surface area (Å²) < 4.78 is 6.41. The fraction of sp³-hybridized carbons (Fsp3) is 0.882. The largest absolute Gasteiger partial charge is 0.377 e. The zero-order chi connectivity index (χ0) is 13.6. The molecule has 2 saturated carbocycles. The first kappa shape index (κ1) is 13.6. The monoisotopic (exact) mass is 263 g/mol. The van der Waals surface area contributed by atoms with Gasteiger partial charge in [0.2, 0.25) is 0 Å². The summed E-state index contributed by atoms with van der Waals surface area (Å²) in [5.74, 6) is 3.01. The van der Waals surface area contributed by atoms with E-state index in [2.05, 4.69) is 32.9 Å². The second-order valence-electron chi connectivity index (χ2n) is 7.96. The van der Waals surface area contributed by atoms with E-state index in [-0.39, 0.29) is 5.41 Å². The second kappa shape index (κ2) is 4.89. The number of hydrogen-bond acceptors (Lipinski definition) is 2. The molecule has 0 saturated heterocycles. The summed E-state index contributed by atoms with van der Waals surface area (Å²) in [5.41, 5.74) is 6.39. The molecule has 2 fully saturated rings. The van der Waals surface area contributed by atoms with Gasteiger partial charge in [0.1, 0.15) is 0 Å². The summed E-state index contributed by atoms with van der Waals surface area (Å²) in [5, 5.41) is 0. The fourth-order valence-corrected chi connectivity index (χ4v) is 4.95. The van der Waals surface area contributed by atoms with E-state index in [0.717, 1.165) is 37.2 Å². The van der Waals surface area contributed by atoms with Crippen LogP contribution >= 0.6 is 0 Å². The third kappa shape index (κ3) is 2.62. The van der Waals surface area contributed by atoms with Gasteiger partial charge in [0.25, 0.3) is 0 Å². The van der Waals surface area contributed by atoms with Crippen LogP contribution in [0.25, 0.3) is 0 Å². The van der Waals surface area contributed by atoms with Crippen LogP contribution in [-0.2, 0) is 4.74 Å². The van der Waals surface area contributed by atoms with Gasteiger partial charge in [-0.2, -0.15) is 0 Å². The van der Waals surface area contributed by atoms with Crippen LogP contribution in [-0.4, -0.2) is 18.8 Å². The number of ether oxygens (including phenoxy) is 1. The highest BCUT2D eigenvalue weighted by molar-refractivity contribution is 5.10. The Morgan fingerprint density at radius 1 is 1.21 bits per heavy atom. The SMILES string of the molecule is CC1CC(N)CC(C)(C)C1OCC1CC2C=CC1C2. The van der Waals surface area contributed by atoms with Crippen molar-refractivity contribution < 1.29 is 4.74 Å². The molecule has 0 radical (unpaired) electrons. The lowest BCUT2D eigenvalue weighted by atomic mass is 9.68. The van der Waals surface area contributed by atoms with Crippen molar-refractivity contribution in [1.82, 2.24) is 0 Å². The second-order valence-corrected chi connectivity index (χ2v) is 7.96. The van der Waals surface area contributed by atoms with Crippen LogP contribution in [0.2, 0.25) is 0 Å². The van der Waals surface area contributed by atoms with Gasteiger partial charge in [0.05, 0.1) is 12.7 Å². The van der Waals surface area contributed by atoms with E-state index in [0.29, 0.717) is 18.1 Å². The molecular weight excluding hydrogens is 234 g/mol. The predicted molar refractivity (Wildman–Crippen MR) is 78.7 cm³/mol. The topological polar surface area (TPSA) is 35.2 Å². The quantitative estimate of drug-likeness (QED) is 0.792. The van der Waals surface area contributed by atoms with Crippen molar-refractivity contribution in [2.45, 2.75) is 58.6 Å². The van der Waals surface area contributed by atoms with Gasteiger partial charge in [-0.1, -0.05) is 32.9 Å². The normalized spacial score (nSPS) is 47.8. The summed E-state index contributed by atoms with van der Waals surface area (Å²) in [6.45, 7) is 7.92. The van der Waals surface area contributed by atoms with Crippen LogP contribution in [0.3, 0.4) is 0 Å². The van der Waals surface area contributed by atoms with Gasteiger partial charge in [-0.25, -0.2) is 0 Å². The Balaban J connectivity index is 1.58. The van der Waals surface area contributed by atoms with Gasteiger partial charge in [-0.05, 0) is 54.8 Å². The van der Waals surface area contributed by atoms with E-state index in [4.69, 9.17) is 10.5 Å². The van der Waals surface area contributed by atoms with Gasteiger partial charge in [-0.15, -0.1) is 0 Å². The van der Waals surface area contributed by atoms with Crippen LogP contribution in [0.1, 0.15) is 46.5 Å². The molecule has 3 rings (SSSR count). The van der Waals surface area contributed by atoms with Gasteiger partial charge < -0.3 is 10.5 Å². The zero-order valence-electron chi connectivity index (χ0n) is 12.6. The summed E-state index contributed by atoms with van der Waals surface area (Å²) in [6, 6.07) is 0.357. The van der Waals surface area contributed by atoms with E-state index in [9.17, 15) is 0 Å². The Morgan fingerprint density at radius 3 is 2.58 bits per heavy atom. The minimum Gasteiger partial charge on any atom is -0.377 e. The van der Waals surface area contributed by atoms with Crippen LogP contribution in [0, 0.1) is 29.1 Å². The molecule has 2 nitrogen and oxygen atoms in total. The minimum absolute atomic E-state index is 0.227. The molecule has 0 amide bonds.